The number of hydrogen-bond donors (Lipinski definition) is 0. The van der Waals surface area contributed by atoms with Crippen LogP contribution in [0.15, 0.2) is 42.5 Å². The van der Waals surface area contributed by atoms with Gasteiger partial charge >= 0.3 is 12.1 Å². The van der Waals surface area contributed by atoms with Crippen molar-refractivity contribution >= 4 is 5.91 Å². The Labute approximate surface area is 148 Å². The van der Waals surface area contributed by atoms with Gasteiger partial charge in [-0.15, -0.1) is 0 Å². The molecule has 26 heavy (non-hydrogen) atoms. The molecular weight excluding hydrogens is 347 g/mol. The monoisotopic (exact) mass is 363 g/mol. The zero-order valence-electron chi connectivity index (χ0n) is 13.8. The van der Waals surface area contributed by atoms with E-state index in [1.807, 2.05) is 42.5 Å². The first kappa shape index (κ1) is 16.9. The maximum absolute atomic E-state index is 13.0. The Morgan fingerprint density at radius 2 is 1.88 bits per heavy atom. The number of hydrogen-bond acceptors (Lipinski definition) is 3. The maximum Gasteiger partial charge on any atom is 0.471 e. The highest BCUT2D eigenvalue weighted by Gasteiger charge is 2.44. The average Bonchev–Trinajstić information content (AvgIpc) is 2.99. The Bertz CT molecular complexity index is 836. The molecule has 0 spiro atoms. The fourth-order valence-corrected chi connectivity index (χ4v) is 3.57. The second kappa shape index (κ2) is 6.32. The van der Waals surface area contributed by atoms with Gasteiger partial charge in [0.15, 0.2) is 5.75 Å². The van der Waals surface area contributed by atoms with Crippen molar-refractivity contribution in [2.45, 2.75) is 25.1 Å². The SMILES string of the molecule is O=C(N1CCc2cc3c(cc2C(c2ccccc2)C1)COO3)C(F)(F)F. The average molecular weight is 363 g/mol. The number of fused-ring (bicyclic) bond motifs is 2. The third kappa shape index (κ3) is 3.03. The normalized spacial score (nSPS) is 19.3. The van der Waals surface area contributed by atoms with Gasteiger partial charge in [0.05, 0.1) is 0 Å². The first-order valence-electron chi connectivity index (χ1n) is 8.29. The van der Waals surface area contributed by atoms with E-state index in [0.717, 1.165) is 27.2 Å². The molecule has 2 aromatic rings. The molecule has 7 heteroatoms. The predicted molar refractivity (Wildman–Crippen MR) is 86.5 cm³/mol. The molecule has 2 heterocycles. The molecule has 2 aliphatic heterocycles. The minimum atomic E-state index is -4.88. The van der Waals surface area contributed by atoms with Gasteiger partial charge in [-0.3, -0.25) is 4.79 Å². The van der Waals surface area contributed by atoms with E-state index in [9.17, 15) is 18.0 Å². The molecular formula is C19H16F3NO3. The topological polar surface area (TPSA) is 38.8 Å². The Hall–Kier alpha value is -2.54. The lowest BCUT2D eigenvalue weighted by Crippen LogP contribution is -2.43. The van der Waals surface area contributed by atoms with Gasteiger partial charge in [-0.2, -0.15) is 18.1 Å². The van der Waals surface area contributed by atoms with Crippen LogP contribution < -0.4 is 4.89 Å². The van der Waals surface area contributed by atoms with Crippen LogP contribution in [0.1, 0.15) is 28.2 Å². The van der Waals surface area contributed by atoms with Gasteiger partial charge in [0.25, 0.3) is 0 Å². The van der Waals surface area contributed by atoms with Gasteiger partial charge in [0.1, 0.15) is 6.61 Å². The molecule has 0 aliphatic carbocycles. The summed E-state index contributed by atoms with van der Waals surface area (Å²) in [5, 5.41) is 0. The molecule has 0 saturated heterocycles. The van der Waals surface area contributed by atoms with Crippen molar-refractivity contribution in [2.75, 3.05) is 13.1 Å². The summed E-state index contributed by atoms with van der Waals surface area (Å²) in [5.41, 5.74) is 3.53. The summed E-state index contributed by atoms with van der Waals surface area (Å²) in [4.78, 5) is 22.9. The van der Waals surface area contributed by atoms with Crippen LogP contribution >= 0.6 is 0 Å². The van der Waals surface area contributed by atoms with Gasteiger partial charge in [-0.1, -0.05) is 30.3 Å². The van der Waals surface area contributed by atoms with Gasteiger partial charge in [-0.25, -0.2) is 0 Å². The van der Waals surface area contributed by atoms with Crippen LogP contribution in [-0.2, 0) is 22.7 Å². The van der Waals surface area contributed by atoms with E-state index in [1.54, 1.807) is 0 Å². The zero-order valence-corrected chi connectivity index (χ0v) is 13.8. The number of alkyl halides is 3. The third-order valence-corrected chi connectivity index (χ3v) is 4.85. The molecule has 2 aliphatic rings. The molecule has 136 valence electrons. The van der Waals surface area contributed by atoms with Gasteiger partial charge in [0.2, 0.25) is 0 Å². The van der Waals surface area contributed by atoms with Crippen LogP contribution in [0.25, 0.3) is 0 Å². The number of amides is 1. The van der Waals surface area contributed by atoms with Crippen molar-refractivity contribution in [1.82, 2.24) is 4.90 Å². The van der Waals surface area contributed by atoms with E-state index in [-0.39, 0.29) is 19.0 Å². The van der Waals surface area contributed by atoms with Crippen molar-refractivity contribution < 1.29 is 27.7 Å². The van der Waals surface area contributed by atoms with E-state index in [0.29, 0.717) is 18.8 Å². The fourth-order valence-electron chi connectivity index (χ4n) is 3.57. The molecule has 4 rings (SSSR count). The number of benzene rings is 2. The van der Waals surface area contributed by atoms with E-state index in [1.165, 1.54) is 0 Å². The summed E-state index contributed by atoms with van der Waals surface area (Å²) in [6.07, 6.45) is -4.55. The summed E-state index contributed by atoms with van der Waals surface area (Å²) in [6, 6.07) is 13.0. The third-order valence-electron chi connectivity index (χ3n) is 4.85. The van der Waals surface area contributed by atoms with Crippen LogP contribution in [0.2, 0.25) is 0 Å². The van der Waals surface area contributed by atoms with Crippen LogP contribution in [0.3, 0.4) is 0 Å². The number of nitrogens with zero attached hydrogens (tertiary/aromatic N) is 1. The van der Waals surface area contributed by atoms with E-state index >= 15 is 0 Å². The van der Waals surface area contributed by atoms with Crippen molar-refractivity contribution in [1.29, 1.82) is 0 Å². The molecule has 1 amide bonds. The van der Waals surface area contributed by atoms with Crippen molar-refractivity contribution in [3.05, 3.63) is 64.7 Å². The maximum atomic E-state index is 13.0. The molecule has 4 nitrogen and oxygen atoms in total. The largest absolute Gasteiger partial charge is 0.471 e. The Balaban J connectivity index is 1.78. The Kier molecular flexibility index (Phi) is 4.11. The smallest absolute Gasteiger partial charge is 0.337 e. The minimum Gasteiger partial charge on any atom is -0.337 e. The van der Waals surface area contributed by atoms with E-state index < -0.39 is 12.1 Å². The predicted octanol–water partition coefficient (Wildman–Crippen LogP) is 3.59. The Morgan fingerprint density at radius 1 is 1.12 bits per heavy atom. The zero-order chi connectivity index (χ0) is 18.3. The van der Waals surface area contributed by atoms with Crippen LogP contribution in [0.4, 0.5) is 13.2 Å². The van der Waals surface area contributed by atoms with Gasteiger partial charge < -0.3 is 9.79 Å². The summed E-state index contributed by atoms with van der Waals surface area (Å²) in [7, 11) is 0. The second-order valence-electron chi connectivity index (χ2n) is 6.47. The summed E-state index contributed by atoms with van der Waals surface area (Å²) < 4.78 is 39.0. The quantitative estimate of drug-likeness (QED) is 0.727. The van der Waals surface area contributed by atoms with Gasteiger partial charge in [0, 0.05) is 24.6 Å². The lowest BCUT2D eigenvalue weighted by Gasteiger charge is -2.26. The molecule has 0 radical (unpaired) electrons. The lowest BCUT2D eigenvalue weighted by atomic mass is 9.87. The number of halogens is 3. The van der Waals surface area contributed by atoms with Crippen LogP contribution in [-0.4, -0.2) is 30.1 Å². The summed E-state index contributed by atoms with van der Waals surface area (Å²) in [6.45, 7) is 0.291. The second-order valence-corrected chi connectivity index (χ2v) is 6.47. The molecule has 0 bridgehead atoms. The lowest BCUT2D eigenvalue weighted by molar-refractivity contribution is -0.194. The molecule has 0 saturated carbocycles. The van der Waals surface area contributed by atoms with Crippen molar-refractivity contribution in [2.24, 2.45) is 0 Å². The molecule has 0 aromatic heterocycles. The number of rotatable bonds is 1. The standard InChI is InChI=1S/C19H16F3NO3/c20-19(21,22)18(24)23-7-6-13-9-17-14(11-25-26-17)8-15(13)16(10-23)12-4-2-1-3-5-12/h1-5,8-9,16H,6-7,10-11H2. The highest BCUT2D eigenvalue weighted by atomic mass is 19.4. The van der Waals surface area contributed by atoms with Crippen LogP contribution in [0, 0.1) is 0 Å². The Morgan fingerprint density at radius 3 is 2.62 bits per heavy atom. The molecule has 2 aromatic carbocycles. The fraction of sp³-hybridized carbons (Fsp3) is 0.316. The summed E-state index contributed by atoms with van der Waals surface area (Å²) >= 11 is 0. The van der Waals surface area contributed by atoms with Crippen LogP contribution in [0.5, 0.6) is 5.75 Å². The highest BCUT2D eigenvalue weighted by Crippen LogP contribution is 2.38. The molecule has 1 unspecified atom stereocenters. The van der Waals surface area contributed by atoms with Gasteiger partial charge in [-0.05, 0) is 35.2 Å². The minimum absolute atomic E-state index is 0.00825. The summed E-state index contributed by atoms with van der Waals surface area (Å²) in [5.74, 6) is -1.55. The molecule has 0 fully saturated rings. The van der Waals surface area contributed by atoms with Crippen molar-refractivity contribution in [3.8, 4) is 5.75 Å². The molecule has 1 atom stereocenters. The molecule has 0 N–H and O–H groups in total. The first-order chi connectivity index (χ1) is 12.4. The highest BCUT2D eigenvalue weighted by molar-refractivity contribution is 5.82. The first-order valence-corrected chi connectivity index (χ1v) is 8.29. The van der Waals surface area contributed by atoms with E-state index in [2.05, 4.69) is 0 Å². The number of carbonyl (C=O) groups excluding carboxylic acids is 1. The van der Waals surface area contributed by atoms with E-state index in [4.69, 9.17) is 9.78 Å². The number of carbonyl (C=O) groups is 1. The van der Waals surface area contributed by atoms with Crippen molar-refractivity contribution in [3.63, 3.8) is 0 Å².